The molecule has 0 radical (unpaired) electrons. The summed E-state index contributed by atoms with van der Waals surface area (Å²) in [5.74, 6) is 1.13. The highest BCUT2D eigenvalue weighted by Gasteiger charge is 2.26. The van der Waals surface area contributed by atoms with Crippen molar-refractivity contribution in [1.29, 1.82) is 0 Å². The molecule has 1 unspecified atom stereocenters. The van der Waals surface area contributed by atoms with Crippen molar-refractivity contribution in [3.8, 4) is 11.5 Å². The van der Waals surface area contributed by atoms with Crippen LogP contribution in [-0.4, -0.2) is 29.7 Å². The van der Waals surface area contributed by atoms with Crippen LogP contribution in [0.4, 0.5) is 0 Å². The van der Waals surface area contributed by atoms with Crippen molar-refractivity contribution in [2.45, 2.75) is 19.0 Å². The van der Waals surface area contributed by atoms with E-state index < -0.39 is 0 Å². The number of rotatable bonds is 2. The van der Waals surface area contributed by atoms with Gasteiger partial charge in [-0.1, -0.05) is 5.16 Å². The third kappa shape index (κ3) is 1.73. The van der Waals surface area contributed by atoms with Gasteiger partial charge in [0, 0.05) is 20.0 Å². The van der Waals surface area contributed by atoms with Gasteiger partial charge in [0.2, 0.25) is 11.7 Å². The normalized spacial score (nSPS) is 18.1. The van der Waals surface area contributed by atoms with E-state index in [0.717, 1.165) is 30.0 Å². The van der Waals surface area contributed by atoms with Gasteiger partial charge < -0.3 is 14.1 Å². The summed E-state index contributed by atoms with van der Waals surface area (Å²) in [7, 11) is 1.90. The summed E-state index contributed by atoms with van der Waals surface area (Å²) in [5, 5.41) is 7.38. The molecule has 0 bridgehead atoms. The third-order valence-electron chi connectivity index (χ3n) is 3.52. The van der Waals surface area contributed by atoms with Crippen LogP contribution in [0.5, 0.6) is 0 Å². The molecular formula is C12H13N7O. The minimum atomic E-state index is 0.000257. The van der Waals surface area contributed by atoms with Crippen molar-refractivity contribution in [1.82, 2.24) is 35.0 Å². The summed E-state index contributed by atoms with van der Waals surface area (Å²) in [6.07, 6.45) is 5.88. The molecule has 4 rings (SSSR count). The van der Waals surface area contributed by atoms with Crippen molar-refractivity contribution in [3.63, 3.8) is 0 Å². The summed E-state index contributed by atoms with van der Waals surface area (Å²) in [6.45, 7) is 0.726. The van der Waals surface area contributed by atoms with Gasteiger partial charge in [0.15, 0.2) is 0 Å². The van der Waals surface area contributed by atoms with Crippen LogP contribution < -0.4 is 5.32 Å². The number of fused-ring (bicyclic) bond motifs is 1. The van der Waals surface area contributed by atoms with Gasteiger partial charge in [-0.15, -0.1) is 0 Å². The van der Waals surface area contributed by atoms with Crippen LogP contribution in [0.25, 0.3) is 11.5 Å². The number of aryl methyl sites for hydroxylation is 1. The average Bonchev–Trinajstić information content (AvgIpc) is 3.17. The second kappa shape index (κ2) is 4.27. The zero-order chi connectivity index (χ0) is 13.5. The van der Waals surface area contributed by atoms with Crippen molar-refractivity contribution in [2.75, 3.05) is 0 Å². The lowest BCUT2D eigenvalue weighted by Crippen LogP contribution is -2.28. The molecule has 2 N–H and O–H groups in total. The summed E-state index contributed by atoms with van der Waals surface area (Å²) in [4.78, 5) is 15.9. The number of imidazole rings is 2. The smallest absolute Gasteiger partial charge is 0.244 e. The standard InChI is InChI=1S/C12H13N7O/c1-19-6-13-4-10(19)11-17-12(20-18-11)8-2-7-9(3-14-8)16-5-15-7/h4-6,8,14H,2-3H2,1H3,(H,15,16). The predicted molar refractivity (Wildman–Crippen MR) is 68.4 cm³/mol. The number of nitrogens with one attached hydrogen (secondary N) is 2. The number of hydrogen-bond acceptors (Lipinski definition) is 6. The molecule has 1 aliphatic rings. The van der Waals surface area contributed by atoms with Crippen molar-refractivity contribution in [3.05, 3.63) is 36.1 Å². The Kier molecular flexibility index (Phi) is 2.43. The maximum absolute atomic E-state index is 5.37. The van der Waals surface area contributed by atoms with Crippen LogP contribution in [0.15, 0.2) is 23.4 Å². The molecule has 1 aliphatic heterocycles. The van der Waals surface area contributed by atoms with E-state index >= 15 is 0 Å². The fourth-order valence-electron chi connectivity index (χ4n) is 2.40. The number of aromatic amines is 1. The zero-order valence-corrected chi connectivity index (χ0v) is 10.9. The molecule has 3 aromatic heterocycles. The van der Waals surface area contributed by atoms with E-state index in [1.807, 2.05) is 11.6 Å². The number of H-pyrrole nitrogens is 1. The highest BCUT2D eigenvalue weighted by molar-refractivity contribution is 5.47. The molecule has 3 aromatic rings. The number of aromatic nitrogens is 6. The molecule has 20 heavy (non-hydrogen) atoms. The average molecular weight is 271 g/mol. The van der Waals surface area contributed by atoms with Gasteiger partial charge in [-0.25, -0.2) is 9.97 Å². The van der Waals surface area contributed by atoms with Gasteiger partial charge in [0.1, 0.15) is 5.69 Å². The number of nitrogens with zero attached hydrogens (tertiary/aromatic N) is 5. The molecule has 1 atom stereocenters. The molecule has 0 amide bonds. The first-order chi connectivity index (χ1) is 9.81. The first kappa shape index (κ1) is 11.4. The van der Waals surface area contributed by atoms with Crippen LogP contribution >= 0.6 is 0 Å². The minimum absolute atomic E-state index is 0.000257. The Morgan fingerprint density at radius 2 is 2.40 bits per heavy atom. The van der Waals surface area contributed by atoms with Crippen LogP contribution in [-0.2, 0) is 20.0 Å². The van der Waals surface area contributed by atoms with Gasteiger partial charge >= 0.3 is 0 Å². The van der Waals surface area contributed by atoms with Crippen molar-refractivity contribution >= 4 is 0 Å². The van der Waals surface area contributed by atoms with Crippen LogP contribution in [0.2, 0.25) is 0 Å². The van der Waals surface area contributed by atoms with Gasteiger partial charge in [-0.3, -0.25) is 5.32 Å². The van der Waals surface area contributed by atoms with E-state index in [2.05, 4.69) is 30.4 Å². The van der Waals surface area contributed by atoms with E-state index in [-0.39, 0.29) is 6.04 Å². The lowest BCUT2D eigenvalue weighted by atomic mass is 10.1. The summed E-state index contributed by atoms with van der Waals surface area (Å²) < 4.78 is 7.23. The Balaban J connectivity index is 1.62. The number of hydrogen-bond donors (Lipinski definition) is 2. The Labute approximate surface area is 114 Å². The fourth-order valence-corrected chi connectivity index (χ4v) is 2.40. The molecule has 8 nitrogen and oxygen atoms in total. The molecule has 0 saturated heterocycles. The first-order valence-corrected chi connectivity index (χ1v) is 6.36. The summed E-state index contributed by atoms with van der Waals surface area (Å²) in [6, 6.07) is 0.000257. The second-order valence-corrected chi connectivity index (χ2v) is 4.81. The Hall–Kier alpha value is -2.48. The maximum Gasteiger partial charge on any atom is 0.244 e. The largest absolute Gasteiger partial charge is 0.347 e. The lowest BCUT2D eigenvalue weighted by Gasteiger charge is -2.19. The Bertz CT molecular complexity index is 740. The van der Waals surface area contributed by atoms with Crippen LogP contribution in [0, 0.1) is 0 Å². The summed E-state index contributed by atoms with van der Waals surface area (Å²) >= 11 is 0. The molecule has 8 heteroatoms. The van der Waals surface area contributed by atoms with Gasteiger partial charge in [-0.2, -0.15) is 4.98 Å². The van der Waals surface area contributed by atoms with Gasteiger partial charge in [-0.05, 0) is 0 Å². The molecule has 0 saturated carbocycles. The molecule has 0 spiro atoms. The fraction of sp³-hybridized carbons (Fsp3) is 0.333. The third-order valence-corrected chi connectivity index (χ3v) is 3.52. The molecule has 102 valence electrons. The Morgan fingerprint density at radius 3 is 3.25 bits per heavy atom. The monoisotopic (exact) mass is 271 g/mol. The zero-order valence-electron chi connectivity index (χ0n) is 10.9. The molecule has 0 aliphatic carbocycles. The van der Waals surface area contributed by atoms with Crippen LogP contribution in [0.3, 0.4) is 0 Å². The van der Waals surface area contributed by atoms with E-state index in [4.69, 9.17) is 4.52 Å². The summed E-state index contributed by atoms with van der Waals surface area (Å²) in [5.41, 5.74) is 3.00. The topological polar surface area (TPSA) is 97.5 Å². The van der Waals surface area contributed by atoms with Crippen molar-refractivity contribution in [2.24, 2.45) is 7.05 Å². The highest BCUT2D eigenvalue weighted by Crippen LogP contribution is 2.24. The quantitative estimate of drug-likeness (QED) is 0.707. The van der Waals surface area contributed by atoms with E-state index in [9.17, 15) is 0 Å². The van der Waals surface area contributed by atoms with E-state index in [1.165, 1.54) is 0 Å². The molecule has 0 aromatic carbocycles. The predicted octanol–water partition coefficient (Wildman–Crippen LogP) is 0.580. The minimum Gasteiger partial charge on any atom is -0.347 e. The molecular weight excluding hydrogens is 258 g/mol. The lowest BCUT2D eigenvalue weighted by molar-refractivity contribution is 0.319. The first-order valence-electron chi connectivity index (χ1n) is 6.36. The molecule has 4 heterocycles. The van der Waals surface area contributed by atoms with E-state index in [1.54, 1.807) is 18.9 Å². The highest BCUT2D eigenvalue weighted by atomic mass is 16.5. The van der Waals surface area contributed by atoms with Crippen LogP contribution in [0.1, 0.15) is 23.3 Å². The van der Waals surface area contributed by atoms with Gasteiger partial charge in [0.05, 0.1) is 36.3 Å². The second-order valence-electron chi connectivity index (χ2n) is 4.81. The van der Waals surface area contributed by atoms with E-state index in [0.29, 0.717) is 11.7 Å². The Morgan fingerprint density at radius 1 is 1.45 bits per heavy atom. The van der Waals surface area contributed by atoms with Gasteiger partial charge in [0.25, 0.3) is 0 Å². The SMILES string of the molecule is Cn1cncc1-c1noc(C2Cc3nc[nH]c3CN2)n1. The maximum atomic E-state index is 5.37. The molecule has 0 fully saturated rings. The van der Waals surface area contributed by atoms with Crippen molar-refractivity contribution < 1.29 is 4.52 Å².